The molecule has 1 aliphatic heterocycles. The van der Waals surface area contributed by atoms with Gasteiger partial charge in [-0.2, -0.15) is 0 Å². The number of carbonyl (C=O) groups is 1. The van der Waals surface area contributed by atoms with Crippen LogP contribution < -0.4 is 10.6 Å². The van der Waals surface area contributed by atoms with Crippen LogP contribution in [0.25, 0.3) is 0 Å². The number of nitrogens with one attached hydrogen (secondary N) is 2. The van der Waals surface area contributed by atoms with Gasteiger partial charge in [0.15, 0.2) is 0 Å². The van der Waals surface area contributed by atoms with E-state index in [4.69, 9.17) is 0 Å². The molecular weight excluding hydrogens is 318 g/mol. The Kier molecular flexibility index (Phi) is 5.16. The van der Waals surface area contributed by atoms with Gasteiger partial charge in [0.25, 0.3) is 0 Å². The van der Waals surface area contributed by atoms with Crippen molar-refractivity contribution in [1.82, 2.24) is 10.3 Å². The highest BCUT2D eigenvalue weighted by Crippen LogP contribution is 2.33. The predicted octanol–water partition coefficient (Wildman–Crippen LogP) is 3.26. The zero-order chi connectivity index (χ0) is 14.6. The molecule has 1 unspecified atom stereocenters. The first-order valence-electron chi connectivity index (χ1n) is 7.23. The maximum Gasteiger partial charge on any atom is 0.233 e. The molecule has 2 N–H and O–H groups in total. The number of halogens is 1. The molecule has 1 aliphatic rings. The molecule has 0 saturated carbocycles. The van der Waals surface area contributed by atoms with Gasteiger partial charge in [0.1, 0.15) is 5.82 Å². The van der Waals surface area contributed by atoms with E-state index < -0.39 is 0 Å². The van der Waals surface area contributed by atoms with Gasteiger partial charge < -0.3 is 10.6 Å². The molecule has 1 atom stereocenters. The summed E-state index contributed by atoms with van der Waals surface area (Å²) in [5.41, 5.74) is 0.601. The first-order chi connectivity index (χ1) is 9.57. The second kappa shape index (κ2) is 6.68. The van der Waals surface area contributed by atoms with Crippen molar-refractivity contribution in [2.75, 3.05) is 18.4 Å². The number of pyridine rings is 1. The average molecular weight is 340 g/mol. The second-order valence-corrected chi connectivity index (χ2v) is 6.38. The maximum absolute atomic E-state index is 12.7. The molecule has 1 fully saturated rings. The van der Waals surface area contributed by atoms with Crippen LogP contribution in [0.4, 0.5) is 5.82 Å². The number of nitrogens with zero attached hydrogens (tertiary/aromatic N) is 1. The SMILES string of the molecule is CCCC1(C(=O)Nc2ccc(Br)c(C)n2)CCCNC1. The summed E-state index contributed by atoms with van der Waals surface area (Å²) in [5, 5.41) is 6.35. The molecule has 5 heteroatoms. The smallest absolute Gasteiger partial charge is 0.233 e. The van der Waals surface area contributed by atoms with Gasteiger partial charge >= 0.3 is 0 Å². The number of aromatic nitrogens is 1. The Morgan fingerprint density at radius 2 is 2.35 bits per heavy atom. The minimum Gasteiger partial charge on any atom is -0.316 e. The van der Waals surface area contributed by atoms with Gasteiger partial charge in [-0.05, 0) is 60.8 Å². The van der Waals surface area contributed by atoms with Gasteiger partial charge in [0, 0.05) is 11.0 Å². The van der Waals surface area contributed by atoms with E-state index in [9.17, 15) is 4.79 Å². The molecular formula is C15H22BrN3O. The molecule has 20 heavy (non-hydrogen) atoms. The summed E-state index contributed by atoms with van der Waals surface area (Å²) in [5.74, 6) is 0.734. The van der Waals surface area contributed by atoms with Crippen LogP contribution in [-0.4, -0.2) is 24.0 Å². The lowest BCUT2D eigenvalue weighted by atomic mass is 9.76. The monoisotopic (exact) mass is 339 g/mol. The number of amides is 1. The summed E-state index contributed by atoms with van der Waals surface area (Å²) in [6.45, 7) is 5.83. The molecule has 0 radical (unpaired) electrons. The lowest BCUT2D eigenvalue weighted by Crippen LogP contribution is -2.48. The lowest BCUT2D eigenvalue weighted by Gasteiger charge is -2.36. The van der Waals surface area contributed by atoms with E-state index in [0.717, 1.165) is 48.9 Å². The third-order valence-electron chi connectivity index (χ3n) is 3.95. The van der Waals surface area contributed by atoms with Crippen LogP contribution in [0.5, 0.6) is 0 Å². The molecule has 1 amide bonds. The highest BCUT2D eigenvalue weighted by Gasteiger charge is 2.38. The average Bonchev–Trinajstić information content (AvgIpc) is 2.44. The van der Waals surface area contributed by atoms with Crippen LogP contribution in [0.1, 0.15) is 38.3 Å². The molecule has 2 rings (SSSR count). The summed E-state index contributed by atoms with van der Waals surface area (Å²) in [4.78, 5) is 17.1. The quantitative estimate of drug-likeness (QED) is 0.885. The van der Waals surface area contributed by atoms with Crippen molar-refractivity contribution in [3.8, 4) is 0 Å². The van der Waals surface area contributed by atoms with Crippen molar-refractivity contribution in [1.29, 1.82) is 0 Å². The van der Waals surface area contributed by atoms with E-state index >= 15 is 0 Å². The molecule has 4 nitrogen and oxygen atoms in total. The highest BCUT2D eigenvalue weighted by atomic mass is 79.9. The van der Waals surface area contributed by atoms with Crippen LogP contribution in [0.15, 0.2) is 16.6 Å². The Morgan fingerprint density at radius 3 is 2.95 bits per heavy atom. The molecule has 0 bridgehead atoms. The molecule has 2 heterocycles. The van der Waals surface area contributed by atoms with E-state index in [1.807, 2.05) is 19.1 Å². The van der Waals surface area contributed by atoms with Crippen molar-refractivity contribution in [3.63, 3.8) is 0 Å². The number of anilines is 1. The fraction of sp³-hybridized carbons (Fsp3) is 0.600. The van der Waals surface area contributed by atoms with Crippen LogP contribution in [0.2, 0.25) is 0 Å². The zero-order valence-electron chi connectivity index (χ0n) is 12.1. The van der Waals surface area contributed by atoms with Gasteiger partial charge in [0.2, 0.25) is 5.91 Å². The Morgan fingerprint density at radius 1 is 1.55 bits per heavy atom. The van der Waals surface area contributed by atoms with E-state index in [2.05, 4.69) is 38.5 Å². The highest BCUT2D eigenvalue weighted by molar-refractivity contribution is 9.10. The van der Waals surface area contributed by atoms with Gasteiger partial charge in [-0.15, -0.1) is 0 Å². The largest absolute Gasteiger partial charge is 0.316 e. The van der Waals surface area contributed by atoms with Crippen molar-refractivity contribution >= 4 is 27.7 Å². The van der Waals surface area contributed by atoms with Gasteiger partial charge in [-0.1, -0.05) is 13.3 Å². The number of piperidine rings is 1. The normalized spacial score (nSPS) is 22.6. The third kappa shape index (κ3) is 3.38. The number of aryl methyl sites for hydroxylation is 1. The van der Waals surface area contributed by atoms with Gasteiger partial charge in [-0.25, -0.2) is 4.98 Å². The summed E-state index contributed by atoms with van der Waals surface area (Å²) in [6, 6.07) is 3.76. The predicted molar refractivity (Wildman–Crippen MR) is 84.7 cm³/mol. The summed E-state index contributed by atoms with van der Waals surface area (Å²) < 4.78 is 0.957. The van der Waals surface area contributed by atoms with Crippen molar-refractivity contribution in [2.45, 2.75) is 39.5 Å². The van der Waals surface area contributed by atoms with E-state index in [1.54, 1.807) is 0 Å². The van der Waals surface area contributed by atoms with Crippen molar-refractivity contribution in [2.24, 2.45) is 5.41 Å². The molecule has 1 saturated heterocycles. The molecule has 0 aliphatic carbocycles. The Hall–Kier alpha value is -0.940. The first-order valence-corrected chi connectivity index (χ1v) is 8.02. The third-order valence-corrected chi connectivity index (χ3v) is 4.78. The summed E-state index contributed by atoms with van der Waals surface area (Å²) in [6.07, 6.45) is 3.94. The van der Waals surface area contributed by atoms with Crippen LogP contribution in [0.3, 0.4) is 0 Å². The van der Waals surface area contributed by atoms with Crippen LogP contribution in [-0.2, 0) is 4.79 Å². The van der Waals surface area contributed by atoms with Crippen LogP contribution in [0, 0.1) is 12.3 Å². The number of hydrogen-bond donors (Lipinski definition) is 2. The number of hydrogen-bond acceptors (Lipinski definition) is 3. The fourth-order valence-corrected chi connectivity index (χ4v) is 3.05. The molecule has 1 aromatic rings. The minimum atomic E-state index is -0.282. The molecule has 110 valence electrons. The van der Waals surface area contributed by atoms with Crippen molar-refractivity contribution < 1.29 is 4.79 Å². The van der Waals surface area contributed by atoms with Gasteiger partial charge in [0.05, 0.1) is 11.1 Å². The van der Waals surface area contributed by atoms with E-state index in [1.165, 1.54) is 0 Å². The molecule has 0 aromatic carbocycles. The van der Waals surface area contributed by atoms with Gasteiger partial charge in [-0.3, -0.25) is 4.79 Å². The zero-order valence-corrected chi connectivity index (χ0v) is 13.7. The Balaban J connectivity index is 2.13. The standard InChI is InChI=1S/C15H22BrN3O/c1-3-7-15(8-4-9-17-10-15)14(20)19-13-6-5-12(16)11(2)18-13/h5-6,17H,3-4,7-10H2,1-2H3,(H,18,19,20). The Labute approximate surface area is 128 Å². The first kappa shape index (κ1) is 15.4. The lowest BCUT2D eigenvalue weighted by molar-refractivity contribution is -0.127. The van der Waals surface area contributed by atoms with Crippen molar-refractivity contribution in [3.05, 3.63) is 22.3 Å². The summed E-state index contributed by atoms with van der Waals surface area (Å²) in [7, 11) is 0. The number of rotatable bonds is 4. The van der Waals surface area contributed by atoms with E-state index in [0.29, 0.717) is 5.82 Å². The topological polar surface area (TPSA) is 54.0 Å². The maximum atomic E-state index is 12.7. The fourth-order valence-electron chi connectivity index (χ4n) is 2.83. The van der Waals surface area contributed by atoms with Crippen LogP contribution >= 0.6 is 15.9 Å². The molecule has 0 spiro atoms. The van der Waals surface area contributed by atoms with E-state index in [-0.39, 0.29) is 11.3 Å². The summed E-state index contributed by atoms with van der Waals surface area (Å²) >= 11 is 3.42. The molecule has 1 aromatic heterocycles. The number of carbonyl (C=O) groups excluding carboxylic acids is 1. The second-order valence-electron chi connectivity index (χ2n) is 5.53. The Bertz CT molecular complexity index is 478. The minimum absolute atomic E-state index is 0.0979.